The van der Waals surface area contributed by atoms with Crippen LogP contribution in [-0.4, -0.2) is 58.1 Å². The van der Waals surface area contributed by atoms with Gasteiger partial charge in [0.2, 0.25) is 0 Å². The first-order chi connectivity index (χ1) is 12.0. The Hall–Kier alpha value is -1.99. The van der Waals surface area contributed by atoms with Crippen molar-refractivity contribution in [3.63, 3.8) is 0 Å². The minimum atomic E-state index is -0.213. The Morgan fingerprint density at radius 3 is 2.64 bits per heavy atom. The van der Waals surface area contributed by atoms with Gasteiger partial charge in [0.15, 0.2) is 5.16 Å². The molecule has 0 N–H and O–H groups in total. The van der Waals surface area contributed by atoms with E-state index in [1.165, 1.54) is 17.8 Å². The molecule has 0 spiro atoms. The summed E-state index contributed by atoms with van der Waals surface area (Å²) >= 11 is 1.43. The molecule has 132 valence electrons. The van der Waals surface area contributed by atoms with E-state index in [0.717, 1.165) is 24.3 Å². The largest absolute Gasteiger partial charge is 0.335 e. The Kier molecular flexibility index (Phi) is 5.65. The molecular weight excluding hydrogens is 339 g/mol. The molecule has 0 bridgehead atoms. The summed E-state index contributed by atoms with van der Waals surface area (Å²) in [6, 6.07) is 8.40. The SMILES string of the molecule is CSc1nc(C)cc(C(=O)N2CCN(Cc3cccc(F)c3)CC2)n1. The molecule has 0 unspecified atom stereocenters. The number of piperazine rings is 1. The second-order valence-corrected chi connectivity index (χ2v) is 6.85. The van der Waals surface area contributed by atoms with Crippen LogP contribution in [0.2, 0.25) is 0 Å². The summed E-state index contributed by atoms with van der Waals surface area (Å²) in [4.78, 5) is 25.4. The number of hydrogen-bond acceptors (Lipinski definition) is 5. The number of rotatable bonds is 4. The minimum absolute atomic E-state index is 0.0498. The highest BCUT2D eigenvalue weighted by molar-refractivity contribution is 7.98. The normalized spacial score (nSPS) is 15.4. The van der Waals surface area contributed by atoms with E-state index in [4.69, 9.17) is 0 Å². The van der Waals surface area contributed by atoms with Crippen molar-refractivity contribution in [2.45, 2.75) is 18.6 Å². The van der Waals surface area contributed by atoms with Crippen LogP contribution in [0.5, 0.6) is 0 Å². The third-order valence-electron chi connectivity index (χ3n) is 4.19. The predicted molar refractivity (Wildman–Crippen MR) is 96.1 cm³/mol. The van der Waals surface area contributed by atoms with E-state index in [2.05, 4.69) is 14.9 Å². The molecule has 0 aliphatic carbocycles. The van der Waals surface area contributed by atoms with Crippen LogP contribution in [0.3, 0.4) is 0 Å². The number of aromatic nitrogens is 2. The van der Waals surface area contributed by atoms with Gasteiger partial charge in [-0.25, -0.2) is 14.4 Å². The molecule has 0 radical (unpaired) electrons. The predicted octanol–water partition coefficient (Wildman–Crippen LogP) is 2.60. The molecule has 1 aliphatic heterocycles. The van der Waals surface area contributed by atoms with Crippen molar-refractivity contribution in [2.75, 3.05) is 32.4 Å². The molecule has 1 aliphatic rings. The Morgan fingerprint density at radius 2 is 1.96 bits per heavy atom. The summed E-state index contributed by atoms with van der Waals surface area (Å²) in [6.07, 6.45) is 1.90. The van der Waals surface area contributed by atoms with Crippen molar-refractivity contribution < 1.29 is 9.18 Å². The van der Waals surface area contributed by atoms with Crippen LogP contribution >= 0.6 is 11.8 Å². The van der Waals surface area contributed by atoms with Crippen LogP contribution in [0.1, 0.15) is 21.7 Å². The Labute approximate surface area is 151 Å². The Morgan fingerprint density at radius 1 is 1.20 bits per heavy atom. The lowest BCUT2D eigenvalue weighted by molar-refractivity contribution is 0.0621. The zero-order valence-corrected chi connectivity index (χ0v) is 15.2. The van der Waals surface area contributed by atoms with Gasteiger partial charge in [0, 0.05) is 38.4 Å². The van der Waals surface area contributed by atoms with Gasteiger partial charge in [-0.1, -0.05) is 23.9 Å². The molecule has 2 aromatic rings. The van der Waals surface area contributed by atoms with Crippen molar-refractivity contribution in [3.05, 3.63) is 53.1 Å². The highest BCUT2D eigenvalue weighted by atomic mass is 32.2. The molecule has 3 rings (SSSR count). The lowest BCUT2D eigenvalue weighted by Crippen LogP contribution is -2.48. The molecule has 25 heavy (non-hydrogen) atoms. The molecule has 1 aromatic heterocycles. The molecule has 0 atom stereocenters. The monoisotopic (exact) mass is 360 g/mol. The van der Waals surface area contributed by atoms with E-state index < -0.39 is 0 Å². The van der Waals surface area contributed by atoms with Crippen molar-refractivity contribution in [1.82, 2.24) is 19.8 Å². The van der Waals surface area contributed by atoms with Crippen molar-refractivity contribution >= 4 is 17.7 Å². The summed E-state index contributed by atoms with van der Waals surface area (Å²) in [6.45, 7) is 5.39. The van der Waals surface area contributed by atoms with Crippen LogP contribution in [0.25, 0.3) is 0 Å². The van der Waals surface area contributed by atoms with Crippen molar-refractivity contribution in [3.8, 4) is 0 Å². The fourth-order valence-electron chi connectivity index (χ4n) is 2.91. The minimum Gasteiger partial charge on any atom is -0.335 e. The molecule has 1 aromatic carbocycles. The average Bonchev–Trinajstić information content (AvgIpc) is 2.61. The molecule has 1 amide bonds. The summed E-state index contributed by atoms with van der Waals surface area (Å²) in [5.41, 5.74) is 2.21. The Bertz CT molecular complexity index is 762. The van der Waals surface area contributed by atoms with Gasteiger partial charge in [0.25, 0.3) is 5.91 Å². The number of amides is 1. The molecule has 1 saturated heterocycles. The van der Waals surface area contributed by atoms with Gasteiger partial charge in [0.05, 0.1) is 0 Å². The summed E-state index contributed by atoms with van der Waals surface area (Å²) < 4.78 is 13.3. The van der Waals surface area contributed by atoms with Crippen LogP contribution < -0.4 is 0 Å². The quantitative estimate of drug-likeness (QED) is 0.620. The molecular formula is C18H21FN4OS. The van der Waals surface area contributed by atoms with E-state index in [0.29, 0.717) is 30.5 Å². The second kappa shape index (κ2) is 7.93. The topological polar surface area (TPSA) is 49.3 Å². The highest BCUT2D eigenvalue weighted by Gasteiger charge is 2.23. The molecule has 5 nitrogen and oxygen atoms in total. The number of aryl methyl sites for hydroxylation is 1. The number of nitrogens with zero attached hydrogens (tertiary/aromatic N) is 4. The molecule has 1 fully saturated rings. The smallest absolute Gasteiger partial charge is 0.272 e. The van der Waals surface area contributed by atoms with Gasteiger partial charge in [-0.3, -0.25) is 9.69 Å². The number of halogens is 1. The third-order valence-corrected chi connectivity index (χ3v) is 4.74. The van der Waals surface area contributed by atoms with Crippen LogP contribution in [-0.2, 0) is 6.54 Å². The van der Waals surface area contributed by atoms with Crippen LogP contribution in [0.4, 0.5) is 4.39 Å². The lowest BCUT2D eigenvalue weighted by atomic mass is 10.2. The van der Waals surface area contributed by atoms with Gasteiger partial charge in [-0.05, 0) is 36.9 Å². The van der Waals surface area contributed by atoms with E-state index in [9.17, 15) is 9.18 Å². The maximum Gasteiger partial charge on any atom is 0.272 e. The summed E-state index contributed by atoms with van der Waals surface area (Å²) in [5.74, 6) is -0.263. The van der Waals surface area contributed by atoms with Gasteiger partial charge < -0.3 is 4.90 Å². The van der Waals surface area contributed by atoms with E-state index in [1.54, 1.807) is 18.2 Å². The molecule has 2 heterocycles. The first-order valence-electron chi connectivity index (χ1n) is 8.21. The number of carbonyl (C=O) groups is 1. The van der Waals surface area contributed by atoms with Crippen LogP contribution in [0, 0.1) is 12.7 Å². The fourth-order valence-corrected chi connectivity index (χ4v) is 3.33. The zero-order valence-electron chi connectivity index (χ0n) is 14.4. The summed E-state index contributed by atoms with van der Waals surface area (Å²) in [7, 11) is 0. The first-order valence-corrected chi connectivity index (χ1v) is 9.43. The fraction of sp³-hybridized carbons (Fsp3) is 0.389. The molecule has 0 saturated carbocycles. The Balaban J connectivity index is 1.60. The van der Waals surface area contributed by atoms with E-state index in [1.807, 2.05) is 24.1 Å². The van der Waals surface area contributed by atoms with E-state index >= 15 is 0 Å². The van der Waals surface area contributed by atoms with E-state index in [-0.39, 0.29) is 11.7 Å². The average molecular weight is 360 g/mol. The van der Waals surface area contributed by atoms with Gasteiger partial charge >= 0.3 is 0 Å². The van der Waals surface area contributed by atoms with Gasteiger partial charge in [0.1, 0.15) is 11.5 Å². The van der Waals surface area contributed by atoms with Crippen molar-refractivity contribution in [1.29, 1.82) is 0 Å². The number of benzene rings is 1. The van der Waals surface area contributed by atoms with Gasteiger partial charge in [-0.2, -0.15) is 0 Å². The third kappa shape index (κ3) is 4.55. The number of thioether (sulfide) groups is 1. The highest BCUT2D eigenvalue weighted by Crippen LogP contribution is 2.14. The maximum atomic E-state index is 13.3. The standard InChI is InChI=1S/C18H21FN4OS/c1-13-10-16(21-18(20-13)25-2)17(24)23-8-6-22(7-9-23)12-14-4-3-5-15(19)11-14/h3-5,10-11H,6-9,12H2,1-2H3. The zero-order chi connectivity index (χ0) is 17.8. The number of carbonyl (C=O) groups excluding carboxylic acids is 1. The number of hydrogen-bond donors (Lipinski definition) is 0. The first kappa shape index (κ1) is 17.8. The van der Waals surface area contributed by atoms with Gasteiger partial charge in [-0.15, -0.1) is 0 Å². The molecule has 7 heteroatoms. The van der Waals surface area contributed by atoms with Crippen molar-refractivity contribution in [2.24, 2.45) is 0 Å². The summed E-state index contributed by atoms with van der Waals surface area (Å²) in [5, 5.41) is 0.619. The maximum absolute atomic E-state index is 13.3. The lowest BCUT2D eigenvalue weighted by Gasteiger charge is -2.34. The van der Waals surface area contributed by atoms with Crippen LogP contribution in [0.15, 0.2) is 35.5 Å². The second-order valence-electron chi connectivity index (χ2n) is 6.08.